The van der Waals surface area contributed by atoms with Crippen molar-refractivity contribution in [2.24, 2.45) is 29.1 Å². The molecule has 5 atom stereocenters. The van der Waals surface area contributed by atoms with Gasteiger partial charge in [-0.1, -0.05) is 38.3 Å². The molecule has 0 spiro atoms. The van der Waals surface area contributed by atoms with Crippen LogP contribution in [0.5, 0.6) is 0 Å². The lowest BCUT2D eigenvalue weighted by Gasteiger charge is -2.45. The van der Waals surface area contributed by atoms with E-state index in [4.69, 9.17) is 4.74 Å². The summed E-state index contributed by atoms with van der Waals surface area (Å²) in [6.45, 7) is 6.76. The van der Waals surface area contributed by atoms with Crippen molar-refractivity contribution in [3.8, 4) is 0 Å². The minimum absolute atomic E-state index is 0.0263. The van der Waals surface area contributed by atoms with E-state index in [-0.39, 0.29) is 29.8 Å². The minimum atomic E-state index is -1.11. The van der Waals surface area contributed by atoms with Crippen LogP contribution in [0.15, 0.2) is 12.2 Å². The Balaban J connectivity index is 1.97. The second-order valence-corrected chi connectivity index (χ2v) is 7.31. The molecule has 114 valence electrons. The first-order valence-electron chi connectivity index (χ1n) is 8.07. The molecule has 0 heterocycles. The molecule has 20 heavy (non-hydrogen) atoms. The van der Waals surface area contributed by atoms with E-state index in [9.17, 15) is 10.2 Å². The summed E-state index contributed by atoms with van der Waals surface area (Å²) >= 11 is 0. The molecule has 0 unspecified atom stereocenters. The standard InChI is InChI=1S/C17H28O3/c1-11-15-12(10-18)9-14(17(15,19)20-3)16(11,2)13-7-5-4-6-8-13/h12-15,18-19H,1,4-10H2,2-3H3/t12-,14+,15+,16+,17-/m1/s1. The molecule has 3 nitrogen and oxygen atoms in total. The van der Waals surface area contributed by atoms with E-state index in [1.807, 2.05) is 0 Å². The van der Waals surface area contributed by atoms with Crippen LogP contribution in [0.3, 0.4) is 0 Å². The summed E-state index contributed by atoms with van der Waals surface area (Å²) in [7, 11) is 1.60. The van der Waals surface area contributed by atoms with Crippen LogP contribution < -0.4 is 0 Å². The van der Waals surface area contributed by atoms with Crippen molar-refractivity contribution in [2.75, 3.05) is 13.7 Å². The Kier molecular flexibility index (Phi) is 3.51. The molecule has 0 radical (unpaired) electrons. The predicted octanol–water partition coefficient (Wildman–Crippen LogP) is 2.72. The maximum atomic E-state index is 11.0. The van der Waals surface area contributed by atoms with Crippen LogP contribution in [0.4, 0.5) is 0 Å². The number of methoxy groups -OCH3 is 1. The fourth-order valence-electron chi connectivity index (χ4n) is 5.63. The van der Waals surface area contributed by atoms with Crippen LogP contribution in [0.2, 0.25) is 0 Å². The van der Waals surface area contributed by atoms with E-state index in [1.54, 1.807) is 7.11 Å². The van der Waals surface area contributed by atoms with Gasteiger partial charge in [0, 0.05) is 25.6 Å². The Morgan fingerprint density at radius 3 is 2.50 bits per heavy atom. The largest absolute Gasteiger partial charge is 0.396 e. The van der Waals surface area contributed by atoms with Gasteiger partial charge < -0.3 is 14.9 Å². The smallest absolute Gasteiger partial charge is 0.175 e. The fraction of sp³-hybridized carbons (Fsp3) is 0.882. The van der Waals surface area contributed by atoms with Crippen molar-refractivity contribution in [1.29, 1.82) is 0 Å². The molecule has 0 amide bonds. The average Bonchev–Trinajstić information content (AvgIpc) is 2.87. The second kappa shape index (κ2) is 4.82. The van der Waals surface area contributed by atoms with Crippen molar-refractivity contribution in [3.63, 3.8) is 0 Å². The zero-order valence-electron chi connectivity index (χ0n) is 12.8. The highest BCUT2D eigenvalue weighted by Crippen LogP contribution is 2.69. The van der Waals surface area contributed by atoms with Crippen LogP contribution in [-0.2, 0) is 4.74 Å². The molecule has 3 fully saturated rings. The van der Waals surface area contributed by atoms with Gasteiger partial charge in [-0.2, -0.15) is 0 Å². The van der Waals surface area contributed by atoms with Crippen LogP contribution >= 0.6 is 0 Å². The fourth-order valence-corrected chi connectivity index (χ4v) is 5.63. The summed E-state index contributed by atoms with van der Waals surface area (Å²) in [6, 6.07) is 0. The first-order chi connectivity index (χ1) is 9.50. The number of aliphatic hydroxyl groups is 2. The monoisotopic (exact) mass is 280 g/mol. The summed E-state index contributed by atoms with van der Waals surface area (Å²) < 4.78 is 5.56. The van der Waals surface area contributed by atoms with E-state index in [1.165, 1.54) is 32.1 Å². The zero-order valence-corrected chi connectivity index (χ0v) is 12.8. The van der Waals surface area contributed by atoms with Gasteiger partial charge in [-0.15, -0.1) is 0 Å². The van der Waals surface area contributed by atoms with Gasteiger partial charge in [-0.25, -0.2) is 0 Å². The van der Waals surface area contributed by atoms with E-state index in [0.29, 0.717) is 5.92 Å². The van der Waals surface area contributed by atoms with Gasteiger partial charge in [0.15, 0.2) is 5.79 Å². The molecule has 3 rings (SSSR count). The summed E-state index contributed by atoms with van der Waals surface area (Å²) in [5, 5.41) is 20.6. The van der Waals surface area contributed by atoms with Crippen LogP contribution in [0.1, 0.15) is 45.4 Å². The Morgan fingerprint density at radius 1 is 1.30 bits per heavy atom. The van der Waals surface area contributed by atoms with E-state index < -0.39 is 5.79 Å². The molecule has 0 saturated heterocycles. The summed E-state index contributed by atoms with van der Waals surface area (Å²) in [6.07, 6.45) is 7.25. The lowest BCUT2D eigenvalue weighted by Crippen LogP contribution is -2.42. The molecule has 2 bridgehead atoms. The number of aliphatic hydroxyl groups excluding tert-OH is 1. The van der Waals surface area contributed by atoms with Crippen molar-refractivity contribution in [1.82, 2.24) is 0 Å². The number of ether oxygens (including phenoxy) is 1. The van der Waals surface area contributed by atoms with Gasteiger partial charge in [0.25, 0.3) is 0 Å². The predicted molar refractivity (Wildman–Crippen MR) is 78.0 cm³/mol. The lowest BCUT2D eigenvalue weighted by molar-refractivity contribution is -0.226. The van der Waals surface area contributed by atoms with Crippen molar-refractivity contribution < 1.29 is 14.9 Å². The average molecular weight is 280 g/mol. The van der Waals surface area contributed by atoms with Gasteiger partial charge in [0.1, 0.15) is 0 Å². The van der Waals surface area contributed by atoms with Crippen LogP contribution in [0.25, 0.3) is 0 Å². The normalized spacial score (nSPS) is 49.0. The number of hydrogen-bond acceptors (Lipinski definition) is 3. The van der Waals surface area contributed by atoms with E-state index >= 15 is 0 Å². The van der Waals surface area contributed by atoms with Crippen LogP contribution in [0, 0.1) is 29.1 Å². The third kappa shape index (κ3) is 1.63. The third-order valence-electron chi connectivity index (χ3n) is 6.76. The molecule has 2 N–H and O–H groups in total. The van der Waals surface area contributed by atoms with E-state index in [2.05, 4.69) is 13.5 Å². The van der Waals surface area contributed by atoms with Crippen molar-refractivity contribution in [3.05, 3.63) is 12.2 Å². The maximum absolute atomic E-state index is 11.0. The summed E-state index contributed by atoms with van der Waals surface area (Å²) in [4.78, 5) is 0. The molecule has 3 heteroatoms. The first kappa shape index (κ1) is 14.6. The highest BCUT2D eigenvalue weighted by atomic mass is 16.6. The number of fused-ring (bicyclic) bond motifs is 2. The maximum Gasteiger partial charge on any atom is 0.175 e. The SMILES string of the molecule is C=C1[C@H]2[C@@H](CO)C[C@H]([C@@]2(O)OC)[C@]1(C)C1CCCCC1. The molecular weight excluding hydrogens is 252 g/mol. The Hall–Kier alpha value is -0.380. The van der Waals surface area contributed by atoms with Crippen molar-refractivity contribution in [2.45, 2.75) is 51.2 Å². The van der Waals surface area contributed by atoms with Crippen molar-refractivity contribution >= 4 is 0 Å². The molecule has 0 aromatic heterocycles. The Labute approximate surface area is 122 Å². The van der Waals surface area contributed by atoms with Crippen LogP contribution in [-0.4, -0.2) is 29.7 Å². The minimum Gasteiger partial charge on any atom is -0.396 e. The highest BCUT2D eigenvalue weighted by Gasteiger charge is 2.70. The Bertz CT molecular complexity index is 401. The molecule has 0 aromatic rings. The quantitative estimate of drug-likeness (QED) is 0.617. The lowest BCUT2D eigenvalue weighted by atomic mass is 9.59. The Morgan fingerprint density at radius 2 is 1.95 bits per heavy atom. The summed E-state index contributed by atoms with van der Waals surface area (Å²) in [5.41, 5.74) is 1.10. The van der Waals surface area contributed by atoms with Gasteiger partial charge in [0.05, 0.1) is 0 Å². The van der Waals surface area contributed by atoms with E-state index in [0.717, 1.165) is 12.0 Å². The highest BCUT2D eigenvalue weighted by molar-refractivity contribution is 5.33. The number of rotatable bonds is 3. The molecule has 0 aliphatic heterocycles. The second-order valence-electron chi connectivity index (χ2n) is 7.31. The number of hydrogen-bond donors (Lipinski definition) is 2. The molecule has 3 saturated carbocycles. The topological polar surface area (TPSA) is 49.7 Å². The molecular formula is C17H28O3. The first-order valence-corrected chi connectivity index (χ1v) is 8.07. The summed E-state index contributed by atoms with van der Waals surface area (Å²) in [5.74, 6) is -0.419. The van der Waals surface area contributed by atoms with Gasteiger partial charge >= 0.3 is 0 Å². The molecule has 3 aliphatic rings. The van der Waals surface area contributed by atoms with Gasteiger partial charge in [-0.05, 0) is 36.5 Å². The zero-order chi connectivity index (χ0) is 14.5. The molecule has 0 aromatic carbocycles. The van der Waals surface area contributed by atoms with Gasteiger partial charge in [-0.3, -0.25) is 0 Å². The third-order valence-corrected chi connectivity index (χ3v) is 6.76. The van der Waals surface area contributed by atoms with Gasteiger partial charge in [0.2, 0.25) is 0 Å². The molecule has 3 aliphatic carbocycles.